The number of nitrogens with zero attached hydrogens (tertiary/aromatic N) is 1. The van der Waals surface area contributed by atoms with Gasteiger partial charge in [0.15, 0.2) is 6.61 Å². The topological polar surface area (TPSA) is 67.9 Å². The summed E-state index contributed by atoms with van der Waals surface area (Å²) in [5.74, 6) is 0.423. The molecule has 1 aromatic carbocycles. The fourth-order valence-electron chi connectivity index (χ4n) is 1.83. The van der Waals surface area contributed by atoms with Crippen LogP contribution in [0.3, 0.4) is 0 Å². The third-order valence-corrected chi connectivity index (χ3v) is 2.90. The van der Waals surface area contributed by atoms with Crippen LogP contribution in [0.15, 0.2) is 30.3 Å². The molecule has 1 aliphatic rings. The van der Waals surface area contributed by atoms with E-state index in [2.05, 4.69) is 5.32 Å². The summed E-state index contributed by atoms with van der Waals surface area (Å²) >= 11 is 0. The third-order valence-electron chi connectivity index (χ3n) is 2.90. The zero-order valence-electron chi connectivity index (χ0n) is 11.2. The van der Waals surface area contributed by atoms with Gasteiger partial charge in [-0.1, -0.05) is 18.2 Å². The number of rotatable bonds is 6. The number of para-hydroxylation sites is 1. The summed E-state index contributed by atoms with van der Waals surface area (Å²) in [7, 11) is 0. The molecule has 108 valence electrons. The molecule has 2 rings (SSSR count). The van der Waals surface area contributed by atoms with Crippen molar-refractivity contribution in [3.8, 4) is 5.75 Å². The molecular weight excluding hydrogens is 260 g/mol. The number of hydrogen-bond acceptors (Lipinski definition) is 4. The lowest BCUT2D eigenvalue weighted by Gasteiger charge is -2.26. The van der Waals surface area contributed by atoms with E-state index in [1.165, 1.54) is 0 Å². The van der Waals surface area contributed by atoms with E-state index in [9.17, 15) is 9.59 Å². The highest BCUT2D eigenvalue weighted by Gasteiger charge is 2.17. The van der Waals surface area contributed by atoms with E-state index in [-0.39, 0.29) is 25.0 Å². The van der Waals surface area contributed by atoms with E-state index in [0.717, 1.165) is 0 Å². The fraction of sp³-hybridized carbons (Fsp3) is 0.429. The fourth-order valence-corrected chi connectivity index (χ4v) is 1.83. The number of ether oxygens (including phenoxy) is 2. The van der Waals surface area contributed by atoms with Gasteiger partial charge in [-0.25, -0.2) is 0 Å². The zero-order chi connectivity index (χ0) is 14.2. The smallest absolute Gasteiger partial charge is 0.258 e. The summed E-state index contributed by atoms with van der Waals surface area (Å²) in [6.45, 7) is 2.15. The van der Waals surface area contributed by atoms with Gasteiger partial charge in [0.05, 0.1) is 6.61 Å². The van der Waals surface area contributed by atoms with E-state index >= 15 is 0 Å². The Labute approximate surface area is 117 Å². The van der Waals surface area contributed by atoms with Gasteiger partial charge in [-0.2, -0.15) is 0 Å². The zero-order valence-corrected chi connectivity index (χ0v) is 11.2. The van der Waals surface area contributed by atoms with Gasteiger partial charge in [-0.15, -0.1) is 0 Å². The lowest BCUT2D eigenvalue weighted by Crippen LogP contribution is -2.45. The van der Waals surface area contributed by atoms with Crippen LogP contribution in [0.1, 0.15) is 0 Å². The Bertz CT molecular complexity index is 450. The summed E-state index contributed by atoms with van der Waals surface area (Å²) < 4.78 is 10.3. The molecular formula is C14H18N2O4. The maximum atomic E-state index is 11.6. The Kier molecular flexibility index (Phi) is 5.37. The van der Waals surface area contributed by atoms with Crippen LogP contribution >= 0.6 is 0 Å². The largest absolute Gasteiger partial charge is 0.484 e. The van der Waals surface area contributed by atoms with Gasteiger partial charge in [-0.3, -0.25) is 9.59 Å². The highest BCUT2D eigenvalue weighted by atomic mass is 16.5. The van der Waals surface area contributed by atoms with Gasteiger partial charge >= 0.3 is 0 Å². The van der Waals surface area contributed by atoms with Crippen molar-refractivity contribution >= 4 is 11.8 Å². The van der Waals surface area contributed by atoms with Crippen molar-refractivity contribution < 1.29 is 19.1 Å². The minimum Gasteiger partial charge on any atom is -0.484 e. The molecule has 1 heterocycles. The van der Waals surface area contributed by atoms with E-state index in [4.69, 9.17) is 9.47 Å². The summed E-state index contributed by atoms with van der Waals surface area (Å²) in [6.07, 6.45) is 0. The van der Waals surface area contributed by atoms with E-state index in [1.807, 2.05) is 18.2 Å². The quantitative estimate of drug-likeness (QED) is 0.798. The maximum absolute atomic E-state index is 11.6. The Balaban J connectivity index is 1.61. The number of hydrogen-bond donors (Lipinski definition) is 1. The van der Waals surface area contributed by atoms with Crippen LogP contribution in [0.25, 0.3) is 0 Å². The summed E-state index contributed by atoms with van der Waals surface area (Å²) in [5.41, 5.74) is 0. The molecule has 0 aliphatic carbocycles. The summed E-state index contributed by atoms with van der Waals surface area (Å²) in [6, 6.07) is 9.15. The number of benzene rings is 1. The molecule has 1 saturated heterocycles. The molecule has 6 nitrogen and oxygen atoms in total. The summed E-state index contributed by atoms with van der Waals surface area (Å²) in [4.78, 5) is 24.7. The molecule has 0 aromatic heterocycles. The molecule has 0 radical (unpaired) electrons. The number of amides is 2. The van der Waals surface area contributed by atoms with Crippen molar-refractivity contribution in [3.63, 3.8) is 0 Å². The van der Waals surface area contributed by atoms with Crippen LogP contribution in [0.2, 0.25) is 0 Å². The highest BCUT2D eigenvalue weighted by Crippen LogP contribution is 2.07. The first-order valence-electron chi connectivity index (χ1n) is 6.56. The standard InChI is InChI=1S/C14H18N2O4/c17-13(10-20-12-4-2-1-3-5-12)15-6-7-16-8-9-19-11-14(16)18/h1-5H,6-11H2,(H,15,17). The van der Waals surface area contributed by atoms with Gasteiger partial charge in [-0.05, 0) is 12.1 Å². The van der Waals surface area contributed by atoms with Gasteiger partial charge in [0.1, 0.15) is 12.4 Å². The average molecular weight is 278 g/mol. The second kappa shape index (κ2) is 7.49. The first-order chi connectivity index (χ1) is 9.75. The molecule has 0 saturated carbocycles. The second-order valence-electron chi connectivity index (χ2n) is 4.39. The Morgan fingerprint density at radius 3 is 2.90 bits per heavy atom. The normalized spacial score (nSPS) is 15.0. The average Bonchev–Trinajstić information content (AvgIpc) is 2.48. The van der Waals surface area contributed by atoms with Crippen molar-refractivity contribution in [3.05, 3.63) is 30.3 Å². The van der Waals surface area contributed by atoms with Crippen molar-refractivity contribution in [2.75, 3.05) is 39.5 Å². The molecule has 0 spiro atoms. The van der Waals surface area contributed by atoms with Crippen molar-refractivity contribution in [2.24, 2.45) is 0 Å². The van der Waals surface area contributed by atoms with Crippen LogP contribution in [-0.4, -0.2) is 56.2 Å². The maximum Gasteiger partial charge on any atom is 0.258 e. The summed E-state index contributed by atoms with van der Waals surface area (Å²) in [5, 5.41) is 2.72. The number of carbonyl (C=O) groups excluding carboxylic acids is 2. The molecule has 1 N–H and O–H groups in total. The van der Waals surface area contributed by atoms with Crippen molar-refractivity contribution in [1.82, 2.24) is 10.2 Å². The molecule has 2 amide bonds. The van der Waals surface area contributed by atoms with Crippen LogP contribution in [0.5, 0.6) is 5.75 Å². The van der Waals surface area contributed by atoms with E-state index in [0.29, 0.717) is 32.0 Å². The molecule has 0 atom stereocenters. The lowest BCUT2D eigenvalue weighted by atomic mass is 10.3. The molecule has 20 heavy (non-hydrogen) atoms. The first-order valence-corrected chi connectivity index (χ1v) is 6.56. The van der Waals surface area contributed by atoms with Crippen LogP contribution in [0.4, 0.5) is 0 Å². The number of morpholine rings is 1. The first kappa shape index (κ1) is 14.3. The third kappa shape index (κ3) is 4.55. The molecule has 0 unspecified atom stereocenters. The molecule has 1 aliphatic heterocycles. The Morgan fingerprint density at radius 1 is 1.35 bits per heavy atom. The monoisotopic (exact) mass is 278 g/mol. The van der Waals surface area contributed by atoms with Crippen molar-refractivity contribution in [2.45, 2.75) is 0 Å². The number of carbonyl (C=O) groups is 2. The molecule has 1 aromatic rings. The highest BCUT2D eigenvalue weighted by molar-refractivity contribution is 5.79. The minimum atomic E-state index is -0.199. The predicted molar refractivity (Wildman–Crippen MR) is 72.3 cm³/mol. The second-order valence-corrected chi connectivity index (χ2v) is 4.39. The van der Waals surface area contributed by atoms with Gasteiger partial charge in [0, 0.05) is 19.6 Å². The van der Waals surface area contributed by atoms with Crippen LogP contribution < -0.4 is 10.1 Å². The molecule has 6 heteroatoms. The molecule has 1 fully saturated rings. The van der Waals surface area contributed by atoms with Gasteiger partial charge in [0.2, 0.25) is 5.91 Å². The van der Waals surface area contributed by atoms with E-state index < -0.39 is 0 Å². The van der Waals surface area contributed by atoms with E-state index in [1.54, 1.807) is 17.0 Å². The minimum absolute atomic E-state index is 0.0267. The van der Waals surface area contributed by atoms with Gasteiger partial charge in [0.25, 0.3) is 5.91 Å². The van der Waals surface area contributed by atoms with Crippen LogP contribution in [0, 0.1) is 0 Å². The Morgan fingerprint density at radius 2 is 2.15 bits per heavy atom. The number of nitrogens with one attached hydrogen (secondary N) is 1. The molecule has 0 bridgehead atoms. The Hall–Kier alpha value is -2.08. The lowest BCUT2D eigenvalue weighted by molar-refractivity contribution is -0.142. The predicted octanol–water partition coefficient (Wildman–Crippen LogP) is 0.0404. The SMILES string of the molecule is O=C(COc1ccccc1)NCCN1CCOCC1=O. The van der Waals surface area contributed by atoms with Crippen LogP contribution in [-0.2, 0) is 14.3 Å². The van der Waals surface area contributed by atoms with Crippen molar-refractivity contribution in [1.29, 1.82) is 0 Å². The van der Waals surface area contributed by atoms with Gasteiger partial charge < -0.3 is 19.7 Å².